The quantitative estimate of drug-likeness (QED) is 0.706. The monoisotopic (exact) mass is 383 g/mol. The van der Waals surface area contributed by atoms with Crippen molar-refractivity contribution in [3.8, 4) is 5.75 Å². The normalized spacial score (nSPS) is 12.4. The first-order chi connectivity index (χ1) is 13.6. The van der Waals surface area contributed by atoms with Crippen LogP contribution in [-0.4, -0.2) is 32.2 Å². The minimum absolute atomic E-state index is 0.333. The van der Waals surface area contributed by atoms with Gasteiger partial charge in [-0.3, -0.25) is 4.79 Å². The molecule has 0 saturated carbocycles. The summed E-state index contributed by atoms with van der Waals surface area (Å²) in [7, 11) is 1.56. The molecule has 0 aliphatic heterocycles. The molecule has 28 heavy (non-hydrogen) atoms. The maximum absolute atomic E-state index is 12.3. The van der Waals surface area contributed by atoms with Crippen molar-refractivity contribution in [2.75, 3.05) is 25.6 Å². The van der Waals surface area contributed by atoms with Crippen molar-refractivity contribution in [3.63, 3.8) is 0 Å². The number of benzene rings is 2. The molecular formula is C22H25NO5. The standard InChI is InChI=1S/C22H25NO5/c1-3-27-13-18-11-17(8-10-20(18)26-2)22(25)28-14-21(24)23-19-9-7-15-5-4-6-16(15)12-19/h7-12H,3-6,13-14H2,1-2H3,(H,23,24). The van der Waals surface area contributed by atoms with Gasteiger partial charge in [0.25, 0.3) is 5.91 Å². The van der Waals surface area contributed by atoms with Gasteiger partial charge >= 0.3 is 5.97 Å². The molecule has 0 saturated heterocycles. The number of ether oxygens (including phenoxy) is 3. The molecule has 0 unspecified atom stereocenters. The van der Waals surface area contributed by atoms with Crippen LogP contribution in [0.2, 0.25) is 0 Å². The predicted octanol–water partition coefficient (Wildman–Crippen LogP) is 3.52. The lowest BCUT2D eigenvalue weighted by Gasteiger charge is -2.11. The van der Waals surface area contributed by atoms with Gasteiger partial charge in [-0.1, -0.05) is 6.07 Å². The second kappa shape index (κ2) is 9.37. The highest BCUT2D eigenvalue weighted by Crippen LogP contribution is 2.25. The molecule has 1 aliphatic carbocycles. The molecule has 1 aliphatic rings. The Balaban J connectivity index is 1.56. The molecule has 1 N–H and O–H groups in total. The fourth-order valence-electron chi connectivity index (χ4n) is 3.29. The summed E-state index contributed by atoms with van der Waals surface area (Å²) >= 11 is 0. The Labute approximate surface area is 164 Å². The fourth-order valence-corrected chi connectivity index (χ4v) is 3.29. The minimum atomic E-state index is -0.565. The summed E-state index contributed by atoms with van der Waals surface area (Å²) < 4.78 is 15.8. The average molecular weight is 383 g/mol. The summed E-state index contributed by atoms with van der Waals surface area (Å²) in [6.45, 7) is 2.44. The van der Waals surface area contributed by atoms with Crippen LogP contribution in [0.25, 0.3) is 0 Å². The number of carbonyl (C=O) groups excluding carboxylic acids is 2. The number of amides is 1. The van der Waals surface area contributed by atoms with E-state index in [0.29, 0.717) is 24.5 Å². The number of anilines is 1. The van der Waals surface area contributed by atoms with Crippen LogP contribution in [0.4, 0.5) is 5.69 Å². The molecule has 6 nitrogen and oxygen atoms in total. The lowest BCUT2D eigenvalue weighted by atomic mass is 10.1. The van der Waals surface area contributed by atoms with Crippen LogP contribution in [0, 0.1) is 0 Å². The Hall–Kier alpha value is -2.86. The van der Waals surface area contributed by atoms with Crippen molar-refractivity contribution in [3.05, 3.63) is 58.7 Å². The SMILES string of the molecule is CCOCc1cc(C(=O)OCC(=O)Nc2ccc3c(c2)CCC3)ccc1OC. The van der Waals surface area contributed by atoms with E-state index in [1.54, 1.807) is 25.3 Å². The van der Waals surface area contributed by atoms with Gasteiger partial charge in [-0.05, 0) is 67.6 Å². The summed E-state index contributed by atoms with van der Waals surface area (Å²) in [6.07, 6.45) is 3.28. The first-order valence-electron chi connectivity index (χ1n) is 9.44. The lowest BCUT2D eigenvalue weighted by Crippen LogP contribution is -2.21. The molecular weight excluding hydrogens is 358 g/mol. The van der Waals surface area contributed by atoms with Gasteiger partial charge in [0.1, 0.15) is 5.75 Å². The molecule has 0 radical (unpaired) electrons. The molecule has 3 rings (SSSR count). The van der Waals surface area contributed by atoms with Gasteiger partial charge in [0.05, 0.1) is 19.3 Å². The number of hydrogen-bond acceptors (Lipinski definition) is 5. The van der Waals surface area contributed by atoms with E-state index in [0.717, 1.165) is 30.5 Å². The molecule has 2 aromatic rings. The maximum atomic E-state index is 12.3. The zero-order chi connectivity index (χ0) is 19.9. The lowest BCUT2D eigenvalue weighted by molar-refractivity contribution is -0.119. The van der Waals surface area contributed by atoms with E-state index < -0.39 is 5.97 Å². The molecule has 0 aromatic heterocycles. The molecule has 0 heterocycles. The Bertz CT molecular complexity index is 862. The van der Waals surface area contributed by atoms with Gasteiger partial charge in [0.2, 0.25) is 0 Å². The van der Waals surface area contributed by atoms with Crippen molar-refractivity contribution in [1.29, 1.82) is 0 Å². The van der Waals surface area contributed by atoms with E-state index in [-0.39, 0.29) is 12.5 Å². The summed E-state index contributed by atoms with van der Waals surface area (Å²) in [4.78, 5) is 24.4. The Morgan fingerprint density at radius 3 is 2.68 bits per heavy atom. The van der Waals surface area contributed by atoms with Gasteiger partial charge in [0.15, 0.2) is 6.61 Å². The van der Waals surface area contributed by atoms with Gasteiger partial charge in [0, 0.05) is 17.9 Å². The van der Waals surface area contributed by atoms with Crippen LogP contribution in [0.1, 0.15) is 40.4 Å². The Kier molecular flexibility index (Phi) is 6.66. The summed E-state index contributed by atoms with van der Waals surface area (Å²) in [5, 5.41) is 2.78. The highest BCUT2D eigenvalue weighted by atomic mass is 16.5. The molecule has 148 valence electrons. The van der Waals surface area contributed by atoms with E-state index >= 15 is 0 Å². The Morgan fingerprint density at radius 1 is 1.07 bits per heavy atom. The largest absolute Gasteiger partial charge is 0.496 e. The highest BCUT2D eigenvalue weighted by molar-refractivity contribution is 5.95. The third-order valence-corrected chi connectivity index (χ3v) is 4.69. The molecule has 2 aromatic carbocycles. The number of fused-ring (bicyclic) bond motifs is 1. The van der Waals surface area contributed by atoms with Crippen molar-refractivity contribution >= 4 is 17.6 Å². The van der Waals surface area contributed by atoms with Gasteiger partial charge in [-0.15, -0.1) is 0 Å². The van der Waals surface area contributed by atoms with Crippen LogP contribution >= 0.6 is 0 Å². The minimum Gasteiger partial charge on any atom is -0.496 e. The number of carbonyl (C=O) groups is 2. The molecule has 0 bridgehead atoms. The van der Waals surface area contributed by atoms with E-state index in [1.807, 2.05) is 25.1 Å². The number of esters is 1. The molecule has 6 heteroatoms. The van der Waals surface area contributed by atoms with Gasteiger partial charge in [-0.2, -0.15) is 0 Å². The second-order valence-electron chi connectivity index (χ2n) is 6.63. The van der Waals surface area contributed by atoms with E-state index in [2.05, 4.69) is 5.32 Å². The van der Waals surface area contributed by atoms with E-state index in [1.165, 1.54) is 11.1 Å². The third kappa shape index (κ3) is 4.89. The van der Waals surface area contributed by atoms with Gasteiger partial charge < -0.3 is 19.5 Å². The van der Waals surface area contributed by atoms with Crippen molar-refractivity contribution < 1.29 is 23.8 Å². The van der Waals surface area contributed by atoms with Crippen LogP contribution in [0.5, 0.6) is 5.75 Å². The topological polar surface area (TPSA) is 73.9 Å². The average Bonchev–Trinajstić information content (AvgIpc) is 3.18. The zero-order valence-corrected chi connectivity index (χ0v) is 16.2. The van der Waals surface area contributed by atoms with Crippen molar-refractivity contribution in [2.45, 2.75) is 32.8 Å². The molecule has 0 spiro atoms. The maximum Gasteiger partial charge on any atom is 0.338 e. The van der Waals surface area contributed by atoms with E-state index in [9.17, 15) is 9.59 Å². The number of rotatable bonds is 8. The summed E-state index contributed by atoms with van der Waals surface area (Å²) in [5.41, 5.74) is 4.44. The fraction of sp³-hybridized carbons (Fsp3) is 0.364. The highest BCUT2D eigenvalue weighted by Gasteiger charge is 2.15. The zero-order valence-electron chi connectivity index (χ0n) is 16.2. The predicted molar refractivity (Wildman–Crippen MR) is 106 cm³/mol. The Morgan fingerprint density at radius 2 is 1.89 bits per heavy atom. The molecule has 1 amide bonds. The van der Waals surface area contributed by atoms with Crippen LogP contribution in [-0.2, 0) is 33.7 Å². The summed E-state index contributed by atoms with van der Waals surface area (Å²) in [5.74, 6) is -0.293. The smallest absolute Gasteiger partial charge is 0.338 e. The third-order valence-electron chi connectivity index (χ3n) is 4.69. The first-order valence-corrected chi connectivity index (χ1v) is 9.44. The van der Waals surface area contributed by atoms with Crippen molar-refractivity contribution in [1.82, 2.24) is 0 Å². The number of hydrogen-bond donors (Lipinski definition) is 1. The van der Waals surface area contributed by atoms with E-state index in [4.69, 9.17) is 14.2 Å². The summed E-state index contributed by atoms with van der Waals surface area (Å²) in [6, 6.07) is 10.9. The van der Waals surface area contributed by atoms with Crippen LogP contribution in [0.15, 0.2) is 36.4 Å². The number of nitrogens with one attached hydrogen (secondary N) is 1. The van der Waals surface area contributed by atoms with Crippen molar-refractivity contribution in [2.24, 2.45) is 0 Å². The van der Waals surface area contributed by atoms with Gasteiger partial charge in [-0.25, -0.2) is 4.79 Å². The molecule has 0 atom stereocenters. The second-order valence-corrected chi connectivity index (χ2v) is 6.63. The van der Waals surface area contributed by atoms with Crippen LogP contribution < -0.4 is 10.1 Å². The number of aryl methyl sites for hydroxylation is 2. The number of methoxy groups -OCH3 is 1. The van der Waals surface area contributed by atoms with Crippen LogP contribution in [0.3, 0.4) is 0 Å². The first kappa shape index (κ1) is 19.9. The molecule has 0 fully saturated rings.